The number of rotatable bonds is 2. The molecular formula is C19H23FN4O2. The number of likely N-dealkylation sites (N-methyl/N-ethyl adjacent to an activating group) is 1. The summed E-state index contributed by atoms with van der Waals surface area (Å²) < 4.78 is 19.6. The molecule has 1 aromatic carbocycles. The highest BCUT2D eigenvalue weighted by atomic mass is 19.1. The van der Waals surface area contributed by atoms with Gasteiger partial charge in [0.05, 0.1) is 24.4 Å². The molecule has 2 fully saturated rings. The fraction of sp³-hybridized carbons (Fsp3) is 0.474. The molecule has 1 N–H and O–H groups in total. The molecule has 26 heavy (non-hydrogen) atoms. The summed E-state index contributed by atoms with van der Waals surface area (Å²) in [5.41, 5.74) is 1.61. The lowest BCUT2D eigenvalue weighted by Crippen LogP contribution is -2.59. The number of phenols is 1. The summed E-state index contributed by atoms with van der Waals surface area (Å²) >= 11 is 0. The van der Waals surface area contributed by atoms with E-state index in [0.717, 1.165) is 37.4 Å². The van der Waals surface area contributed by atoms with Gasteiger partial charge in [0.25, 0.3) is 0 Å². The summed E-state index contributed by atoms with van der Waals surface area (Å²) in [6, 6.07) is 6.82. The van der Waals surface area contributed by atoms with Crippen LogP contribution in [0.2, 0.25) is 0 Å². The normalized spacial score (nSPS) is 23.7. The van der Waals surface area contributed by atoms with Crippen LogP contribution in [0.3, 0.4) is 0 Å². The second kappa shape index (κ2) is 6.81. The number of hydrogen-bond acceptors (Lipinski definition) is 6. The highest BCUT2D eigenvalue weighted by Gasteiger charge is 2.36. The number of nitrogens with zero attached hydrogens (tertiary/aromatic N) is 4. The molecule has 0 spiro atoms. The Morgan fingerprint density at radius 2 is 2.04 bits per heavy atom. The fourth-order valence-electron chi connectivity index (χ4n) is 3.92. The number of aromatic hydroxyl groups is 1. The van der Waals surface area contributed by atoms with E-state index in [2.05, 4.69) is 27.0 Å². The number of piperidine rings is 1. The number of fused-ring (bicyclic) bond motifs is 1. The van der Waals surface area contributed by atoms with Crippen molar-refractivity contribution in [3.05, 3.63) is 35.6 Å². The number of ether oxygens (including phenoxy) is 1. The van der Waals surface area contributed by atoms with Crippen LogP contribution in [0.25, 0.3) is 11.3 Å². The third kappa shape index (κ3) is 3.01. The predicted octanol–water partition coefficient (Wildman–Crippen LogP) is 2.21. The molecule has 2 aliphatic heterocycles. The van der Waals surface area contributed by atoms with E-state index in [-0.39, 0.29) is 17.9 Å². The van der Waals surface area contributed by atoms with Crippen molar-refractivity contribution in [1.29, 1.82) is 0 Å². The number of likely N-dealkylation sites (tertiary alicyclic amines) is 1. The highest BCUT2D eigenvalue weighted by molar-refractivity contribution is 5.71. The average Bonchev–Trinajstić information content (AvgIpc) is 2.65. The standard InChI is InChI=1S/C19H23FN4O2/c1-12-3-4-13(20)19(25)18(12)14-5-6-17(22-21-14)24-9-10-26-16-7-8-23(2)11-15(16)24/h3-6,15-16,25H,7-11H2,1-2H3/t15-,16+/m0/s1. The number of hydrogen-bond donors (Lipinski definition) is 1. The van der Waals surface area contributed by atoms with Gasteiger partial charge in [0.1, 0.15) is 0 Å². The van der Waals surface area contributed by atoms with Crippen LogP contribution in [-0.2, 0) is 4.74 Å². The summed E-state index contributed by atoms with van der Waals surface area (Å²) in [5.74, 6) is -0.249. The lowest BCUT2D eigenvalue weighted by atomic mass is 9.99. The number of halogens is 1. The van der Waals surface area contributed by atoms with Crippen LogP contribution in [0.4, 0.5) is 10.2 Å². The molecule has 0 saturated carbocycles. The molecule has 0 aliphatic carbocycles. The largest absolute Gasteiger partial charge is 0.504 e. The van der Waals surface area contributed by atoms with Crippen molar-refractivity contribution in [3.63, 3.8) is 0 Å². The Bertz CT molecular complexity index is 799. The van der Waals surface area contributed by atoms with Crippen molar-refractivity contribution in [2.45, 2.75) is 25.5 Å². The first-order chi connectivity index (χ1) is 12.5. The Kier molecular flexibility index (Phi) is 4.50. The number of morpholine rings is 1. The molecule has 138 valence electrons. The molecule has 3 heterocycles. The number of aryl methyl sites for hydroxylation is 1. The minimum atomic E-state index is -0.655. The van der Waals surface area contributed by atoms with Crippen molar-refractivity contribution < 1.29 is 14.2 Å². The summed E-state index contributed by atoms with van der Waals surface area (Å²) in [6.07, 6.45) is 1.23. The van der Waals surface area contributed by atoms with Crippen LogP contribution in [-0.4, -0.2) is 65.6 Å². The summed E-state index contributed by atoms with van der Waals surface area (Å²) in [6.45, 7) is 5.23. The Morgan fingerprint density at radius 3 is 2.81 bits per heavy atom. The molecule has 0 unspecified atom stereocenters. The Hall–Kier alpha value is -2.25. The van der Waals surface area contributed by atoms with Crippen LogP contribution in [0.5, 0.6) is 5.75 Å². The molecule has 1 aromatic heterocycles. The van der Waals surface area contributed by atoms with Crippen LogP contribution >= 0.6 is 0 Å². The average molecular weight is 358 g/mol. The number of benzene rings is 1. The molecule has 2 saturated heterocycles. The smallest absolute Gasteiger partial charge is 0.165 e. The van der Waals surface area contributed by atoms with E-state index in [0.29, 0.717) is 17.9 Å². The molecule has 4 rings (SSSR count). The molecule has 7 heteroatoms. The third-order valence-corrected chi connectivity index (χ3v) is 5.33. The van der Waals surface area contributed by atoms with Crippen LogP contribution in [0, 0.1) is 12.7 Å². The van der Waals surface area contributed by atoms with Crippen molar-refractivity contribution in [2.75, 3.05) is 38.2 Å². The van der Waals surface area contributed by atoms with E-state index in [1.54, 1.807) is 12.1 Å². The zero-order chi connectivity index (χ0) is 18.3. The maximum Gasteiger partial charge on any atom is 0.165 e. The van der Waals surface area contributed by atoms with Gasteiger partial charge in [-0.05, 0) is 44.2 Å². The first kappa shape index (κ1) is 17.2. The van der Waals surface area contributed by atoms with Crippen molar-refractivity contribution in [3.8, 4) is 17.0 Å². The van der Waals surface area contributed by atoms with Crippen molar-refractivity contribution >= 4 is 5.82 Å². The van der Waals surface area contributed by atoms with Gasteiger partial charge >= 0.3 is 0 Å². The zero-order valence-electron chi connectivity index (χ0n) is 15.0. The second-order valence-corrected chi connectivity index (χ2v) is 7.09. The van der Waals surface area contributed by atoms with E-state index in [1.807, 2.05) is 13.0 Å². The Balaban J connectivity index is 1.63. The second-order valence-electron chi connectivity index (χ2n) is 7.09. The minimum Gasteiger partial charge on any atom is -0.504 e. The highest BCUT2D eigenvalue weighted by Crippen LogP contribution is 2.34. The SMILES string of the molecule is Cc1ccc(F)c(O)c1-c1ccc(N2CCO[C@@H]3CCN(C)C[C@@H]32)nn1. The third-order valence-electron chi connectivity index (χ3n) is 5.33. The summed E-state index contributed by atoms with van der Waals surface area (Å²) in [7, 11) is 2.12. The molecule has 6 nitrogen and oxygen atoms in total. The van der Waals surface area contributed by atoms with Gasteiger partial charge in [-0.15, -0.1) is 10.2 Å². The molecular weight excluding hydrogens is 335 g/mol. The fourth-order valence-corrected chi connectivity index (χ4v) is 3.92. The molecule has 2 aromatic rings. The van der Waals surface area contributed by atoms with Gasteiger partial charge in [-0.3, -0.25) is 0 Å². The van der Waals surface area contributed by atoms with Crippen LogP contribution in [0.1, 0.15) is 12.0 Å². The van der Waals surface area contributed by atoms with Gasteiger partial charge in [-0.25, -0.2) is 4.39 Å². The number of aromatic nitrogens is 2. The van der Waals surface area contributed by atoms with Gasteiger partial charge < -0.3 is 19.6 Å². The minimum absolute atomic E-state index is 0.218. The molecule has 0 amide bonds. The van der Waals surface area contributed by atoms with Crippen LogP contribution < -0.4 is 4.90 Å². The monoisotopic (exact) mass is 358 g/mol. The lowest BCUT2D eigenvalue weighted by Gasteiger charge is -2.46. The zero-order valence-corrected chi connectivity index (χ0v) is 15.0. The van der Waals surface area contributed by atoms with E-state index in [4.69, 9.17) is 4.74 Å². The lowest BCUT2D eigenvalue weighted by molar-refractivity contribution is -0.0246. The predicted molar refractivity (Wildman–Crippen MR) is 96.8 cm³/mol. The first-order valence-electron chi connectivity index (χ1n) is 8.93. The first-order valence-corrected chi connectivity index (χ1v) is 8.93. The van der Waals surface area contributed by atoms with Gasteiger partial charge in [-0.2, -0.15) is 0 Å². The van der Waals surface area contributed by atoms with Crippen molar-refractivity contribution in [2.24, 2.45) is 0 Å². The summed E-state index contributed by atoms with van der Waals surface area (Å²) in [5, 5.41) is 18.7. The van der Waals surface area contributed by atoms with Gasteiger partial charge in [-0.1, -0.05) is 6.07 Å². The quantitative estimate of drug-likeness (QED) is 0.888. The maximum atomic E-state index is 13.7. The topological polar surface area (TPSA) is 61.7 Å². The molecule has 0 bridgehead atoms. The van der Waals surface area contributed by atoms with E-state index in [9.17, 15) is 9.50 Å². The maximum absolute atomic E-state index is 13.7. The van der Waals surface area contributed by atoms with Gasteiger partial charge in [0, 0.05) is 25.2 Å². The van der Waals surface area contributed by atoms with E-state index < -0.39 is 5.82 Å². The van der Waals surface area contributed by atoms with Crippen molar-refractivity contribution in [1.82, 2.24) is 15.1 Å². The molecule has 2 aliphatic rings. The molecule has 0 radical (unpaired) electrons. The van der Waals surface area contributed by atoms with Crippen LogP contribution in [0.15, 0.2) is 24.3 Å². The summed E-state index contributed by atoms with van der Waals surface area (Å²) in [4.78, 5) is 4.55. The number of anilines is 1. The van der Waals surface area contributed by atoms with E-state index in [1.165, 1.54) is 6.07 Å². The number of phenolic OH excluding ortho intramolecular Hbond substituents is 1. The molecule has 2 atom stereocenters. The van der Waals surface area contributed by atoms with Gasteiger partial charge in [0.15, 0.2) is 17.4 Å². The Morgan fingerprint density at radius 1 is 1.19 bits per heavy atom. The van der Waals surface area contributed by atoms with Gasteiger partial charge in [0.2, 0.25) is 0 Å². The Labute approximate surface area is 152 Å². The van der Waals surface area contributed by atoms with E-state index >= 15 is 0 Å².